The van der Waals surface area contributed by atoms with Crippen molar-refractivity contribution in [3.8, 4) is 17.1 Å². The average molecular weight is 574 g/mol. The van der Waals surface area contributed by atoms with Gasteiger partial charge in [-0.3, -0.25) is 9.36 Å². The molecule has 3 aromatic carbocycles. The van der Waals surface area contributed by atoms with E-state index in [-0.39, 0.29) is 17.1 Å². The van der Waals surface area contributed by atoms with Crippen molar-refractivity contribution < 1.29 is 4.79 Å². The van der Waals surface area contributed by atoms with Crippen LogP contribution in [0, 0.1) is 0 Å². The number of anilines is 1. The molecule has 0 spiro atoms. The second kappa shape index (κ2) is 11.7. The van der Waals surface area contributed by atoms with Crippen LogP contribution in [0.4, 0.5) is 5.13 Å². The summed E-state index contributed by atoms with van der Waals surface area (Å²) in [5.74, 6) is 0.749. The monoisotopic (exact) mass is 573 g/mol. The molecule has 9 heteroatoms. The average Bonchev–Trinajstić information content (AvgIpc) is 3.55. The van der Waals surface area contributed by atoms with E-state index < -0.39 is 0 Å². The van der Waals surface area contributed by atoms with Gasteiger partial charge < -0.3 is 5.32 Å². The number of nitrogens with zero attached hydrogens (tertiary/aromatic N) is 4. The van der Waals surface area contributed by atoms with Crippen molar-refractivity contribution in [1.82, 2.24) is 19.7 Å². The molecule has 0 aliphatic carbocycles. The van der Waals surface area contributed by atoms with Gasteiger partial charge in [0, 0.05) is 33.8 Å². The molecular weight excluding hydrogens is 546 g/mol. The Morgan fingerprint density at radius 1 is 0.974 bits per heavy atom. The van der Waals surface area contributed by atoms with Crippen LogP contribution in [0.2, 0.25) is 5.02 Å². The van der Waals surface area contributed by atoms with Crippen molar-refractivity contribution in [2.24, 2.45) is 0 Å². The number of carbonyl (C=O) groups excluding carboxylic acids is 1. The molecule has 0 radical (unpaired) electrons. The molecule has 0 bridgehead atoms. The van der Waals surface area contributed by atoms with Crippen molar-refractivity contribution in [1.29, 1.82) is 0 Å². The highest BCUT2D eigenvalue weighted by molar-refractivity contribution is 7.99. The number of nitrogens with one attached hydrogen (secondary N) is 1. The fraction of sp³-hybridized carbons (Fsp3) is 0.200. The second-order valence-electron chi connectivity index (χ2n) is 10.0. The van der Waals surface area contributed by atoms with Crippen LogP contribution in [0.25, 0.3) is 17.1 Å². The Kier molecular flexibility index (Phi) is 8.16. The first kappa shape index (κ1) is 27.1. The molecule has 1 amide bonds. The van der Waals surface area contributed by atoms with Crippen molar-refractivity contribution in [3.63, 3.8) is 0 Å². The Balaban J connectivity index is 1.30. The van der Waals surface area contributed by atoms with E-state index in [9.17, 15) is 4.79 Å². The number of hydrogen-bond donors (Lipinski definition) is 1. The molecule has 0 saturated carbocycles. The molecule has 0 aliphatic heterocycles. The van der Waals surface area contributed by atoms with Gasteiger partial charge in [-0.15, -0.1) is 21.5 Å². The predicted octanol–water partition coefficient (Wildman–Crippen LogP) is 7.66. The number of carbonyl (C=O) groups is 1. The van der Waals surface area contributed by atoms with Crippen molar-refractivity contribution in [3.05, 3.63) is 106 Å². The molecule has 39 heavy (non-hydrogen) atoms. The summed E-state index contributed by atoms with van der Waals surface area (Å²) >= 11 is 9.07. The molecule has 198 valence electrons. The van der Waals surface area contributed by atoms with Gasteiger partial charge in [0.05, 0.1) is 5.75 Å². The van der Waals surface area contributed by atoms with Gasteiger partial charge in [-0.05, 0) is 34.7 Å². The van der Waals surface area contributed by atoms with Crippen LogP contribution >= 0.6 is 34.7 Å². The number of para-hydroxylation sites is 1. The highest BCUT2D eigenvalue weighted by Gasteiger charge is 2.19. The summed E-state index contributed by atoms with van der Waals surface area (Å²) in [6, 6.07) is 26.1. The van der Waals surface area contributed by atoms with Gasteiger partial charge in [0.2, 0.25) is 5.91 Å². The van der Waals surface area contributed by atoms with E-state index in [0.717, 1.165) is 32.5 Å². The van der Waals surface area contributed by atoms with Gasteiger partial charge in [0.1, 0.15) is 0 Å². The molecule has 0 aliphatic rings. The van der Waals surface area contributed by atoms with Gasteiger partial charge in [0.15, 0.2) is 16.1 Å². The van der Waals surface area contributed by atoms with Crippen LogP contribution in [0.5, 0.6) is 0 Å². The Hall–Kier alpha value is -3.46. The number of halogens is 1. The van der Waals surface area contributed by atoms with Crippen LogP contribution in [-0.2, 0) is 16.6 Å². The van der Waals surface area contributed by atoms with Crippen molar-refractivity contribution >= 4 is 45.7 Å². The smallest absolute Gasteiger partial charge is 0.236 e. The minimum absolute atomic E-state index is 0.0623. The summed E-state index contributed by atoms with van der Waals surface area (Å²) in [5.41, 5.74) is 4.24. The lowest BCUT2D eigenvalue weighted by Gasteiger charge is -2.19. The maximum Gasteiger partial charge on any atom is 0.236 e. The van der Waals surface area contributed by atoms with Crippen molar-refractivity contribution in [2.45, 2.75) is 37.8 Å². The fourth-order valence-electron chi connectivity index (χ4n) is 4.04. The third-order valence-corrected chi connectivity index (χ3v) is 8.32. The third kappa shape index (κ3) is 6.58. The Labute approximate surface area is 241 Å². The van der Waals surface area contributed by atoms with Crippen LogP contribution in [-0.4, -0.2) is 31.4 Å². The largest absolute Gasteiger partial charge is 0.301 e. The van der Waals surface area contributed by atoms with Gasteiger partial charge in [-0.25, -0.2) is 4.98 Å². The number of thiazole rings is 1. The van der Waals surface area contributed by atoms with E-state index in [1.807, 2.05) is 59.2 Å². The molecule has 5 aromatic rings. The van der Waals surface area contributed by atoms with Crippen LogP contribution in [0.3, 0.4) is 0 Å². The van der Waals surface area contributed by atoms with E-state index in [1.165, 1.54) is 28.7 Å². The minimum atomic E-state index is -0.155. The molecule has 2 heterocycles. The summed E-state index contributed by atoms with van der Waals surface area (Å²) in [6.45, 7) is 6.58. The lowest BCUT2D eigenvalue weighted by Crippen LogP contribution is -2.14. The summed E-state index contributed by atoms with van der Waals surface area (Å²) in [7, 11) is 0. The van der Waals surface area contributed by atoms with Crippen LogP contribution in [0.15, 0.2) is 90.2 Å². The number of thioether (sulfide) groups is 1. The molecular formula is C30H28ClN5OS2. The summed E-state index contributed by atoms with van der Waals surface area (Å²) < 4.78 is 2.00. The van der Waals surface area contributed by atoms with E-state index >= 15 is 0 Å². The zero-order chi connectivity index (χ0) is 27.4. The van der Waals surface area contributed by atoms with E-state index in [0.29, 0.717) is 16.7 Å². The maximum atomic E-state index is 12.8. The second-order valence-corrected chi connectivity index (χ2v) is 12.5. The first-order valence-electron chi connectivity index (χ1n) is 12.5. The first-order chi connectivity index (χ1) is 18.8. The highest BCUT2D eigenvalue weighted by atomic mass is 35.5. The molecule has 0 saturated heterocycles. The number of amides is 1. The predicted molar refractivity (Wildman–Crippen MR) is 161 cm³/mol. The quantitative estimate of drug-likeness (QED) is 0.193. The molecule has 0 unspecified atom stereocenters. The SMILES string of the molecule is CC(C)(C)c1ccc(-c2nnc(SCC(=O)Nc3ncc(Cc4ccccc4Cl)s3)n2-c2ccccc2)cc1. The standard InChI is InChI=1S/C30H28ClN5OS2/c1-30(2,3)22-15-13-20(14-16-22)27-34-35-29(36(27)23-10-5-4-6-11-23)38-19-26(37)33-28-32-18-24(39-28)17-21-9-7-8-12-25(21)31/h4-16,18H,17,19H2,1-3H3,(H,32,33,37). The number of hydrogen-bond acceptors (Lipinski definition) is 6. The van der Waals surface area contributed by atoms with Gasteiger partial charge in [-0.2, -0.15) is 0 Å². The molecule has 2 aromatic heterocycles. The highest BCUT2D eigenvalue weighted by Crippen LogP contribution is 2.30. The van der Waals surface area contributed by atoms with E-state index in [2.05, 4.69) is 65.5 Å². The third-order valence-electron chi connectivity index (χ3n) is 6.11. The number of benzene rings is 3. The molecule has 0 atom stereocenters. The van der Waals surface area contributed by atoms with Gasteiger partial charge >= 0.3 is 0 Å². The zero-order valence-electron chi connectivity index (χ0n) is 21.9. The molecule has 0 fully saturated rings. The minimum Gasteiger partial charge on any atom is -0.301 e. The number of rotatable bonds is 8. The lowest BCUT2D eigenvalue weighted by molar-refractivity contribution is -0.113. The topological polar surface area (TPSA) is 72.7 Å². The Morgan fingerprint density at radius 3 is 2.41 bits per heavy atom. The summed E-state index contributed by atoms with van der Waals surface area (Å²) in [6.07, 6.45) is 2.45. The van der Waals surface area contributed by atoms with E-state index in [1.54, 1.807) is 6.20 Å². The summed E-state index contributed by atoms with van der Waals surface area (Å²) in [4.78, 5) is 18.2. The lowest BCUT2D eigenvalue weighted by atomic mass is 9.87. The van der Waals surface area contributed by atoms with E-state index in [4.69, 9.17) is 11.6 Å². The molecule has 1 N–H and O–H groups in total. The fourth-order valence-corrected chi connectivity index (χ4v) is 5.85. The first-order valence-corrected chi connectivity index (χ1v) is 14.7. The normalized spacial score (nSPS) is 11.5. The molecule has 5 rings (SSSR count). The van der Waals surface area contributed by atoms with Gasteiger partial charge in [0.25, 0.3) is 0 Å². The number of aromatic nitrogens is 4. The zero-order valence-corrected chi connectivity index (χ0v) is 24.3. The molecule has 6 nitrogen and oxygen atoms in total. The van der Waals surface area contributed by atoms with Crippen molar-refractivity contribution in [2.75, 3.05) is 11.1 Å². The Bertz CT molecular complexity index is 1570. The van der Waals surface area contributed by atoms with Crippen LogP contribution < -0.4 is 5.32 Å². The van der Waals surface area contributed by atoms with Crippen LogP contribution in [0.1, 0.15) is 36.8 Å². The van der Waals surface area contributed by atoms with Gasteiger partial charge in [-0.1, -0.05) is 105 Å². The maximum absolute atomic E-state index is 12.8. The summed E-state index contributed by atoms with van der Waals surface area (Å²) in [5, 5.41) is 13.8. The Morgan fingerprint density at radius 2 is 1.69 bits per heavy atom.